The molecule has 1 saturated carbocycles. The number of amides is 1. The van der Waals surface area contributed by atoms with Gasteiger partial charge in [-0.05, 0) is 50.8 Å². The monoisotopic (exact) mass is 413 g/mol. The van der Waals surface area contributed by atoms with Crippen LogP contribution in [0.2, 0.25) is 0 Å². The van der Waals surface area contributed by atoms with Gasteiger partial charge in [-0.25, -0.2) is 0 Å². The zero-order valence-corrected chi connectivity index (χ0v) is 17.8. The Balaban J connectivity index is 1.56. The number of nitrogens with zero attached hydrogens (tertiary/aromatic N) is 3. The van der Waals surface area contributed by atoms with Gasteiger partial charge in [0.1, 0.15) is 0 Å². The van der Waals surface area contributed by atoms with Gasteiger partial charge in [-0.1, -0.05) is 6.07 Å². The number of aromatic nitrogens is 2. The Morgan fingerprint density at radius 1 is 1.27 bits per heavy atom. The summed E-state index contributed by atoms with van der Waals surface area (Å²) in [5.41, 5.74) is 3.09. The summed E-state index contributed by atoms with van der Waals surface area (Å²) < 4.78 is 17.7. The summed E-state index contributed by atoms with van der Waals surface area (Å²) in [4.78, 5) is 27.4. The maximum absolute atomic E-state index is 13.5. The smallest absolute Gasteiger partial charge is 0.309 e. The molecule has 8 nitrogen and oxygen atoms in total. The lowest BCUT2D eigenvalue weighted by molar-refractivity contribution is -0.145. The van der Waals surface area contributed by atoms with Gasteiger partial charge < -0.3 is 19.1 Å². The van der Waals surface area contributed by atoms with Crippen LogP contribution in [0, 0.1) is 25.7 Å². The third-order valence-corrected chi connectivity index (χ3v) is 5.79. The number of hydrogen-bond donors (Lipinski definition) is 0. The van der Waals surface area contributed by atoms with Crippen molar-refractivity contribution in [1.29, 1.82) is 0 Å². The lowest BCUT2D eigenvalue weighted by Crippen LogP contribution is -2.34. The highest BCUT2D eigenvalue weighted by Crippen LogP contribution is 2.41. The number of fused-ring (bicyclic) bond motifs is 1. The Labute approximate surface area is 175 Å². The standard InChI is InChI=1S/C22H27N3O5/c1-5-28-22(27)17-9-16(17)11-25(21(26)20-13(2)23-24(4)14(20)3)10-15-6-7-18-19(8-15)30-12-29-18/h6-8,16-17H,5,9-12H2,1-4H3/t16-,17-/m0/s1. The van der Waals surface area contributed by atoms with E-state index >= 15 is 0 Å². The third-order valence-electron chi connectivity index (χ3n) is 5.79. The maximum atomic E-state index is 13.5. The Kier molecular flexibility index (Phi) is 5.40. The average molecular weight is 413 g/mol. The van der Waals surface area contributed by atoms with Gasteiger partial charge >= 0.3 is 5.97 Å². The van der Waals surface area contributed by atoms with E-state index in [0.717, 1.165) is 17.7 Å². The van der Waals surface area contributed by atoms with E-state index in [1.807, 2.05) is 39.1 Å². The normalized spacial score (nSPS) is 18.9. The fourth-order valence-electron chi connectivity index (χ4n) is 3.99. The van der Waals surface area contributed by atoms with Gasteiger partial charge in [-0.3, -0.25) is 14.3 Å². The van der Waals surface area contributed by atoms with Gasteiger partial charge in [0.15, 0.2) is 11.5 Å². The highest BCUT2D eigenvalue weighted by molar-refractivity contribution is 5.96. The second-order valence-corrected chi connectivity index (χ2v) is 7.90. The molecule has 8 heteroatoms. The Morgan fingerprint density at radius 2 is 2.03 bits per heavy atom. The minimum Gasteiger partial charge on any atom is -0.466 e. The lowest BCUT2D eigenvalue weighted by Gasteiger charge is -2.23. The van der Waals surface area contributed by atoms with Crippen molar-refractivity contribution < 1.29 is 23.8 Å². The number of ether oxygens (including phenoxy) is 3. The van der Waals surface area contributed by atoms with E-state index in [1.165, 1.54) is 0 Å². The average Bonchev–Trinajstić information content (AvgIpc) is 3.23. The number of benzene rings is 1. The molecule has 2 heterocycles. The second-order valence-electron chi connectivity index (χ2n) is 7.90. The second kappa shape index (κ2) is 8.01. The van der Waals surface area contributed by atoms with Gasteiger partial charge in [0.2, 0.25) is 6.79 Å². The lowest BCUT2D eigenvalue weighted by atomic mass is 10.1. The summed E-state index contributed by atoms with van der Waals surface area (Å²) in [5, 5.41) is 4.39. The molecular weight excluding hydrogens is 386 g/mol. The number of aryl methyl sites for hydroxylation is 2. The zero-order valence-electron chi connectivity index (χ0n) is 17.8. The molecule has 1 fully saturated rings. The predicted molar refractivity (Wildman–Crippen MR) is 108 cm³/mol. The highest BCUT2D eigenvalue weighted by atomic mass is 16.7. The van der Waals surface area contributed by atoms with Crippen molar-refractivity contribution >= 4 is 11.9 Å². The Morgan fingerprint density at radius 3 is 2.73 bits per heavy atom. The molecule has 1 aliphatic heterocycles. The number of carbonyl (C=O) groups is 2. The van der Waals surface area contributed by atoms with E-state index in [4.69, 9.17) is 14.2 Å². The van der Waals surface area contributed by atoms with Crippen LogP contribution in [0.15, 0.2) is 18.2 Å². The predicted octanol–water partition coefficient (Wildman–Crippen LogP) is 2.61. The molecule has 1 aromatic heterocycles. The van der Waals surface area contributed by atoms with Crippen LogP contribution < -0.4 is 9.47 Å². The van der Waals surface area contributed by atoms with E-state index < -0.39 is 0 Å². The largest absolute Gasteiger partial charge is 0.466 e. The molecule has 0 radical (unpaired) electrons. The molecule has 0 spiro atoms. The maximum Gasteiger partial charge on any atom is 0.309 e. The van der Waals surface area contributed by atoms with Crippen LogP contribution in [-0.2, 0) is 23.1 Å². The summed E-state index contributed by atoms with van der Waals surface area (Å²) in [6.07, 6.45) is 0.745. The van der Waals surface area contributed by atoms with Crippen LogP contribution in [-0.4, -0.2) is 46.5 Å². The van der Waals surface area contributed by atoms with E-state index in [-0.39, 0.29) is 30.5 Å². The van der Waals surface area contributed by atoms with Crippen LogP contribution in [0.3, 0.4) is 0 Å². The first-order chi connectivity index (χ1) is 14.4. The molecule has 0 saturated heterocycles. The van der Waals surface area contributed by atoms with Crippen LogP contribution >= 0.6 is 0 Å². The summed E-state index contributed by atoms with van der Waals surface area (Å²) in [5.74, 6) is 1.12. The topological polar surface area (TPSA) is 82.9 Å². The molecule has 30 heavy (non-hydrogen) atoms. The van der Waals surface area contributed by atoms with E-state index in [2.05, 4.69) is 5.10 Å². The zero-order chi connectivity index (χ0) is 21.4. The van der Waals surface area contributed by atoms with Crippen molar-refractivity contribution in [3.05, 3.63) is 40.7 Å². The number of hydrogen-bond acceptors (Lipinski definition) is 6. The summed E-state index contributed by atoms with van der Waals surface area (Å²) in [6.45, 7) is 7.02. The minimum atomic E-state index is -0.174. The van der Waals surface area contributed by atoms with E-state index in [1.54, 1.807) is 16.5 Å². The van der Waals surface area contributed by atoms with Gasteiger partial charge in [-0.2, -0.15) is 5.10 Å². The summed E-state index contributed by atoms with van der Waals surface area (Å²) >= 11 is 0. The van der Waals surface area contributed by atoms with Crippen molar-refractivity contribution in [2.24, 2.45) is 18.9 Å². The summed E-state index contributed by atoms with van der Waals surface area (Å²) in [6, 6.07) is 5.70. The molecule has 1 aliphatic carbocycles. The molecule has 2 aliphatic rings. The van der Waals surface area contributed by atoms with Crippen LogP contribution in [0.25, 0.3) is 0 Å². The van der Waals surface area contributed by atoms with Crippen LogP contribution in [0.1, 0.15) is 40.7 Å². The number of esters is 1. The highest BCUT2D eigenvalue weighted by Gasteiger charge is 2.45. The Bertz CT molecular complexity index is 983. The first kappa shape index (κ1) is 20.3. The third kappa shape index (κ3) is 3.86. The van der Waals surface area contributed by atoms with Crippen LogP contribution in [0.4, 0.5) is 0 Å². The molecule has 0 N–H and O–H groups in total. The van der Waals surface area contributed by atoms with Crippen molar-refractivity contribution in [2.75, 3.05) is 19.9 Å². The van der Waals surface area contributed by atoms with Crippen molar-refractivity contribution in [2.45, 2.75) is 33.7 Å². The van der Waals surface area contributed by atoms with Crippen molar-refractivity contribution in [1.82, 2.24) is 14.7 Å². The van der Waals surface area contributed by atoms with Gasteiger partial charge in [0, 0.05) is 25.8 Å². The Hall–Kier alpha value is -3.03. The molecule has 2 aromatic rings. The van der Waals surface area contributed by atoms with Crippen molar-refractivity contribution in [3.63, 3.8) is 0 Å². The van der Waals surface area contributed by atoms with Gasteiger partial charge in [-0.15, -0.1) is 0 Å². The molecule has 0 bridgehead atoms. The van der Waals surface area contributed by atoms with Crippen molar-refractivity contribution in [3.8, 4) is 11.5 Å². The number of carbonyl (C=O) groups excluding carboxylic acids is 2. The quantitative estimate of drug-likeness (QED) is 0.649. The molecular formula is C22H27N3O5. The molecule has 4 rings (SSSR count). The summed E-state index contributed by atoms with van der Waals surface area (Å²) in [7, 11) is 1.83. The molecule has 2 atom stereocenters. The number of rotatable bonds is 7. The fourth-order valence-corrected chi connectivity index (χ4v) is 3.99. The minimum absolute atomic E-state index is 0.0784. The fraction of sp³-hybridized carbons (Fsp3) is 0.500. The van der Waals surface area contributed by atoms with E-state index in [9.17, 15) is 9.59 Å². The molecule has 160 valence electrons. The van der Waals surface area contributed by atoms with Gasteiger partial charge in [0.05, 0.1) is 23.8 Å². The molecule has 1 amide bonds. The van der Waals surface area contributed by atoms with E-state index in [0.29, 0.717) is 42.5 Å². The molecule has 1 aromatic carbocycles. The molecule has 0 unspecified atom stereocenters. The first-order valence-corrected chi connectivity index (χ1v) is 10.2. The van der Waals surface area contributed by atoms with Gasteiger partial charge in [0.25, 0.3) is 5.91 Å². The first-order valence-electron chi connectivity index (χ1n) is 10.2. The SMILES string of the molecule is CCOC(=O)[C@H]1C[C@H]1CN(Cc1ccc2c(c1)OCO2)C(=O)c1c(C)nn(C)c1C. The van der Waals surface area contributed by atoms with Crippen LogP contribution in [0.5, 0.6) is 11.5 Å².